The predicted molar refractivity (Wildman–Crippen MR) is 84.1 cm³/mol. The number of benzene rings is 1. The fourth-order valence-corrected chi connectivity index (χ4v) is 2.26. The number of nitrogens with one attached hydrogen (secondary N) is 1. The number of rotatable bonds is 6. The zero-order valence-electron chi connectivity index (χ0n) is 12.2. The molecule has 2 unspecified atom stereocenters. The summed E-state index contributed by atoms with van der Waals surface area (Å²) in [6.45, 7) is 5.63. The molecule has 0 radical (unpaired) electrons. The van der Waals surface area contributed by atoms with Crippen LogP contribution in [-0.2, 0) is 4.79 Å². The van der Waals surface area contributed by atoms with Gasteiger partial charge in [0.05, 0.1) is 4.47 Å². The Morgan fingerprint density at radius 2 is 2.05 bits per heavy atom. The van der Waals surface area contributed by atoms with E-state index in [1.165, 1.54) is 6.07 Å². The lowest BCUT2D eigenvalue weighted by Crippen LogP contribution is -2.22. The molecule has 112 valence electrons. The summed E-state index contributed by atoms with van der Waals surface area (Å²) in [5.74, 6) is -0.459. The van der Waals surface area contributed by atoms with Crippen LogP contribution < -0.4 is 11.1 Å². The van der Waals surface area contributed by atoms with Crippen LogP contribution in [0.25, 0.3) is 0 Å². The van der Waals surface area contributed by atoms with Crippen LogP contribution in [0.3, 0.4) is 0 Å². The first-order chi connectivity index (χ1) is 9.31. The Labute approximate surface area is 128 Å². The lowest BCUT2D eigenvalue weighted by molar-refractivity contribution is -0.119. The summed E-state index contributed by atoms with van der Waals surface area (Å²) >= 11 is 3.12. The summed E-state index contributed by atoms with van der Waals surface area (Å²) in [6.07, 6.45) is 2.64. The Morgan fingerprint density at radius 3 is 2.65 bits per heavy atom. The van der Waals surface area contributed by atoms with E-state index in [1.807, 2.05) is 13.8 Å². The Hall–Kier alpha value is -0.940. The molecule has 0 fully saturated rings. The normalized spacial score (nSPS) is 13.9. The number of halogens is 2. The molecule has 0 aliphatic rings. The van der Waals surface area contributed by atoms with Gasteiger partial charge >= 0.3 is 0 Å². The molecule has 0 saturated heterocycles. The van der Waals surface area contributed by atoms with Gasteiger partial charge < -0.3 is 11.1 Å². The maximum absolute atomic E-state index is 13.3. The van der Waals surface area contributed by atoms with Gasteiger partial charge in [0.15, 0.2) is 0 Å². The van der Waals surface area contributed by atoms with Gasteiger partial charge in [-0.2, -0.15) is 0 Å². The molecule has 3 N–H and O–H groups in total. The van der Waals surface area contributed by atoms with Crippen molar-refractivity contribution in [2.24, 2.45) is 11.7 Å². The van der Waals surface area contributed by atoms with Gasteiger partial charge in [-0.15, -0.1) is 0 Å². The largest absolute Gasteiger partial charge is 0.328 e. The number of anilines is 1. The summed E-state index contributed by atoms with van der Waals surface area (Å²) in [4.78, 5) is 12.1. The Kier molecular flexibility index (Phi) is 6.62. The van der Waals surface area contributed by atoms with Crippen LogP contribution >= 0.6 is 15.9 Å². The fraction of sp³-hybridized carbons (Fsp3) is 0.533. The second-order valence-electron chi connectivity index (χ2n) is 5.38. The summed E-state index contributed by atoms with van der Waals surface area (Å²) < 4.78 is 13.7. The highest BCUT2D eigenvalue weighted by molar-refractivity contribution is 9.10. The van der Waals surface area contributed by atoms with Crippen molar-refractivity contribution in [2.75, 3.05) is 5.32 Å². The number of carbonyl (C=O) groups is 1. The standard InChI is InChI=1S/C15H22BrFN2O/c1-9(5-4-6-11(3)18)15(20)19-14-8-12(16)13(17)7-10(14)2/h7-9,11H,4-6,18H2,1-3H3,(H,19,20). The summed E-state index contributed by atoms with van der Waals surface area (Å²) in [5, 5.41) is 2.85. The third kappa shape index (κ3) is 5.21. The smallest absolute Gasteiger partial charge is 0.227 e. The average molecular weight is 345 g/mol. The van der Waals surface area contributed by atoms with Gasteiger partial charge in [-0.05, 0) is 60.3 Å². The van der Waals surface area contributed by atoms with Gasteiger partial charge in [-0.1, -0.05) is 13.3 Å². The van der Waals surface area contributed by atoms with Gasteiger partial charge in [-0.25, -0.2) is 4.39 Å². The molecule has 2 atom stereocenters. The van der Waals surface area contributed by atoms with Crippen molar-refractivity contribution >= 4 is 27.5 Å². The first kappa shape index (κ1) is 17.1. The second kappa shape index (κ2) is 7.74. The molecule has 0 saturated carbocycles. The minimum atomic E-state index is -0.328. The highest BCUT2D eigenvalue weighted by atomic mass is 79.9. The molecule has 0 aliphatic carbocycles. The number of amides is 1. The van der Waals surface area contributed by atoms with Crippen molar-refractivity contribution in [2.45, 2.75) is 46.1 Å². The molecular weight excluding hydrogens is 323 g/mol. The topological polar surface area (TPSA) is 55.1 Å². The first-order valence-electron chi connectivity index (χ1n) is 6.83. The highest BCUT2D eigenvalue weighted by Crippen LogP contribution is 2.25. The zero-order valence-corrected chi connectivity index (χ0v) is 13.8. The number of aryl methyl sites for hydroxylation is 1. The molecule has 0 aliphatic heterocycles. The van der Waals surface area contributed by atoms with Crippen molar-refractivity contribution in [3.63, 3.8) is 0 Å². The molecule has 1 aromatic carbocycles. The van der Waals surface area contributed by atoms with Crippen LogP contribution in [0.2, 0.25) is 0 Å². The van der Waals surface area contributed by atoms with Crippen LogP contribution in [0.1, 0.15) is 38.7 Å². The molecule has 20 heavy (non-hydrogen) atoms. The number of nitrogens with two attached hydrogens (primary N) is 1. The van der Waals surface area contributed by atoms with E-state index in [0.717, 1.165) is 19.3 Å². The molecular formula is C15H22BrFN2O. The van der Waals surface area contributed by atoms with Gasteiger partial charge in [-0.3, -0.25) is 4.79 Å². The summed E-state index contributed by atoms with van der Waals surface area (Å²) in [5.41, 5.74) is 7.04. The van der Waals surface area contributed by atoms with Crippen LogP contribution in [0.15, 0.2) is 16.6 Å². The quantitative estimate of drug-likeness (QED) is 0.819. The van der Waals surface area contributed by atoms with Gasteiger partial charge in [0.1, 0.15) is 5.82 Å². The van der Waals surface area contributed by atoms with Crippen LogP contribution in [-0.4, -0.2) is 11.9 Å². The van der Waals surface area contributed by atoms with Gasteiger partial charge in [0, 0.05) is 17.6 Å². The number of hydrogen-bond acceptors (Lipinski definition) is 2. The van der Waals surface area contributed by atoms with E-state index in [-0.39, 0.29) is 23.7 Å². The van der Waals surface area contributed by atoms with E-state index in [0.29, 0.717) is 15.7 Å². The first-order valence-corrected chi connectivity index (χ1v) is 7.62. The van der Waals surface area contributed by atoms with Crippen molar-refractivity contribution in [3.8, 4) is 0 Å². The van der Waals surface area contributed by atoms with Crippen molar-refractivity contribution < 1.29 is 9.18 Å². The monoisotopic (exact) mass is 344 g/mol. The molecule has 5 heteroatoms. The molecule has 0 heterocycles. The number of hydrogen-bond donors (Lipinski definition) is 2. The minimum Gasteiger partial charge on any atom is -0.328 e. The third-order valence-corrected chi connectivity index (χ3v) is 3.88. The predicted octanol–water partition coefficient (Wildman–Crippen LogP) is 3.99. The van der Waals surface area contributed by atoms with Crippen molar-refractivity contribution in [3.05, 3.63) is 28.0 Å². The van der Waals surface area contributed by atoms with Crippen molar-refractivity contribution in [1.29, 1.82) is 0 Å². The second-order valence-corrected chi connectivity index (χ2v) is 6.23. The lowest BCUT2D eigenvalue weighted by Gasteiger charge is -2.14. The van der Waals surface area contributed by atoms with Crippen LogP contribution in [0.5, 0.6) is 0 Å². The van der Waals surface area contributed by atoms with E-state index >= 15 is 0 Å². The summed E-state index contributed by atoms with van der Waals surface area (Å²) in [7, 11) is 0. The molecule has 3 nitrogen and oxygen atoms in total. The Bertz CT molecular complexity index is 477. The lowest BCUT2D eigenvalue weighted by atomic mass is 10.0. The molecule has 0 aromatic heterocycles. The van der Waals surface area contributed by atoms with E-state index < -0.39 is 0 Å². The van der Waals surface area contributed by atoms with E-state index in [4.69, 9.17) is 5.73 Å². The van der Waals surface area contributed by atoms with Gasteiger partial charge in [0.25, 0.3) is 0 Å². The Balaban J connectivity index is 2.59. The average Bonchev–Trinajstić information content (AvgIpc) is 2.35. The third-order valence-electron chi connectivity index (χ3n) is 3.27. The molecule has 0 spiro atoms. The molecule has 1 amide bonds. The van der Waals surface area contributed by atoms with Crippen molar-refractivity contribution in [1.82, 2.24) is 0 Å². The van der Waals surface area contributed by atoms with Crippen LogP contribution in [0.4, 0.5) is 10.1 Å². The maximum atomic E-state index is 13.3. The zero-order chi connectivity index (χ0) is 15.3. The van der Waals surface area contributed by atoms with E-state index in [2.05, 4.69) is 21.2 Å². The summed E-state index contributed by atoms with van der Waals surface area (Å²) in [6, 6.07) is 3.16. The molecule has 0 bridgehead atoms. The molecule has 1 rings (SSSR count). The molecule has 1 aromatic rings. The number of carbonyl (C=O) groups excluding carboxylic acids is 1. The minimum absolute atomic E-state index is 0.0451. The van der Waals surface area contributed by atoms with E-state index in [9.17, 15) is 9.18 Å². The van der Waals surface area contributed by atoms with Crippen LogP contribution in [0, 0.1) is 18.7 Å². The van der Waals surface area contributed by atoms with Gasteiger partial charge in [0.2, 0.25) is 5.91 Å². The van der Waals surface area contributed by atoms with E-state index in [1.54, 1.807) is 13.0 Å². The SMILES string of the molecule is Cc1cc(F)c(Br)cc1NC(=O)C(C)CCCC(C)N. The maximum Gasteiger partial charge on any atom is 0.227 e. The Morgan fingerprint density at radius 1 is 1.40 bits per heavy atom. The fourth-order valence-electron chi connectivity index (χ4n) is 1.91. The highest BCUT2D eigenvalue weighted by Gasteiger charge is 2.15.